The number of aryl methyl sites for hydroxylation is 1. The molecule has 4 aromatic rings. The van der Waals surface area contributed by atoms with Crippen LogP contribution in [0.1, 0.15) is 33.6 Å². The number of halogens is 1. The topological polar surface area (TPSA) is 106 Å². The Kier molecular flexibility index (Phi) is 7.53. The minimum absolute atomic E-state index is 0.0694. The molecule has 0 fully saturated rings. The van der Waals surface area contributed by atoms with Gasteiger partial charge in [0.25, 0.3) is 0 Å². The maximum Gasteiger partial charge on any atom is 0.354 e. The molecule has 1 N–H and O–H groups in total. The fourth-order valence-corrected chi connectivity index (χ4v) is 5.48. The summed E-state index contributed by atoms with van der Waals surface area (Å²) in [4.78, 5) is 19.3. The molecule has 182 valence electrons. The van der Waals surface area contributed by atoms with Crippen molar-refractivity contribution in [3.8, 4) is 17.6 Å². The Bertz CT molecular complexity index is 1610. The highest BCUT2D eigenvalue weighted by Crippen LogP contribution is 2.30. The van der Waals surface area contributed by atoms with Crippen LogP contribution >= 0.6 is 11.6 Å². The van der Waals surface area contributed by atoms with Crippen LogP contribution in [-0.4, -0.2) is 42.3 Å². The van der Waals surface area contributed by atoms with Gasteiger partial charge in [-0.3, -0.25) is 4.98 Å². The summed E-state index contributed by atoms with van der Waals surface area (Å²) in [6.45, 7) is 0. The van der Waals surface area contributed by atoms with Crippen LogP contribution in [-0.2, 0) is 16.3 Å². The zero-order valence-electron chi connectivity index (χ0n) is 19.2. The van der Waals surface area contributed by atoms with Gasteiger partial charge in [-0.1, -0.05) is 35.6 Å². The van der Waals surface area contributed by atoms with Crippen LogP contribution in [0.15, 0.2) is 71.9 Å². The van der Waals surface area contributed by atoms with Crippen LogP contribution in [0.4, 0.5) is 0 Å². The number of sulfone groups is 1. The quantitative estimate of drug-likeness (QED) is 0.349. The van der Waals surface area contributed by atoms with E-state index in [4.69, 9.17) is 21.4 Å². The first-order valence-corrected chi connectivity index (χ1v) is 13.0. The number of ether oxygens (including phenoxy) is 1. The highest BCUT2D eigenvalue weighted by molar-refractivity contribution is 7.91. The number of methoxy groups -OCH3 is 1. The molecule has 9 heteroatoms. The van der Waals surface area contributed by atoms with Crippen molar-refractivity contribution in [2.75, 3.05) is 12.9 Å². The maximum atomic E-state index is 13.2. The average molecular weight is 521 g/mol. The molecule has 0 spiro atoms. The summed E-state index contributed by atoms with van der Waals surface area (Å²) in [6.07, 6.45) is 3.74. The van der Waals surface area contributed by atoms with Crippen molar-refractivity contribution >= 4 is 38.3 Å². The van der Waals surface area contributed by atoms with Crippen LogP contribution in [0.2, 0.25) is 5.02 Å². The molecule has 0 saturated carbocycles. The molecule has 0 aliphatic rings. The molecule has 0 aliphatic heterocycles. The van der Waals surface area contributed by atoms with Crippen LogP contribution in [0.5, 0.6) is 5.75 Å². The van der Waals surface area contributed by atoms with Crippen molar-refractivity contribution in [1.82, 2.24) is 9.97 Å². The molecule has 0 radical (unpaired) electrons. The number of carboxylic acid groups (broad SMARTS) is 1. The predicted octanol–water partition coefficient (Wildman–Crippen LogP) is 4.80. The van der Waals surface area contributed by atoms with Crippen LogP contribution < -0.4 is 4.74 Å². The second kappa shape index (κ2) is 10.8. The average Bonchev–Trinajstić information content (AvgIpc) is 2.87. The molecule has 0 unspecified atom stereocenters. The minimum atomic E-state index is -3.61. The first-order valence-electron chi connectivity index (χ1n) is 10.9. The number of carboxylic acids is 1. The number of benzene rings is 2. The molecule has 0 aliphatic carbocycles. The molecular weight excluding hydrogens is 500 g/mol. The van der Waals surface area contributed by atoms with E-state index in [1.807, 2.05) is 6.07 Å². The van der Waals surface area contributed by atoms with Crippen molar-refractivity contribution in [1.29, 1.82) is 0 Å². The van der Waals surface area contributed by atoms with E-state index in [-0.39, 0.29) is 16.3 Å². The summed E-state index contributed by atoms with van der Waals surface area (Å²) in [5.74, 6) is 5.33. The molecule has 7 nitrogen and oxygen atoms in total. The van der Waals surface area contributed by atoms with E-state index in [0.29, 0.717) is 45.6 Å². The normalized spacial score (nSPS) is 11.1. The van der Waals surface area contributed by atoms with E-state index >= 15 is 0 Å². The van der Waals surface area contributed by atoms with E-state index in [2.05, 4.69) is 21.8 Å². The van der Waals surface area contributed by atoms with Crippen molar-refractivity contribution in [3.05, 3.63) is 94.4 Å². The smallest absolute Gasteiger partial charge is 0.354 e. The standard InChI is InChI=1S/C27H21ClN2O5S/c1-35-24-13-14-25(26-21(24)7-3-15-29-26)36(33,34)16-4-6-19-5-2-8-22(28)20(19)11-9-18-10-12-23(27(31)32)30-17-18/h2-3,5,7-8,10,12-15,17H,4,6,16H2,1H3,(H,31,32). The molecule has 2 aromatic heterocycles. The van der Waals surface area contributed by atoms with E-state index < -0.39 is 15.8 Å². The van der Waals surface area contributed by atoms with Gasteiger partial charge in [0.2, 0.25) is 0 Å². The molecule has 36 heavy (non-hydrogen) atoms. The van der Waals surface area contributed by atoms with Gasteiger partial charge >= 0.3 is 5.97 Å². The van der Waals surface area contributed by atoms with E-state index in [0.717, 1.165) is 5.56 Å². The minimum Gasteiger partial charge on any atom is -0.496 e. The Hall–Kier alpha value is -3.93. The Labute approximate surface area is 213 Å². The monoisotopic (exact) mass is 520 g/mol. The molecule has 2 heterocycles. The largest absolute Gasteiger partial charge is 0.496 e. The van der Waals surface area contributed by atoms with Crippen molar-refractivity contribution in [2.45, 2.75) is 17.7 Å². The summed E-state index contributed by atoms with van der Waals surface area (Å²) in [5.41, 5.74) is 2.26. The zero-order chi connectivity index (χ0) is 25.7. The number of hydrogen-bond acceptors (Lipinski definition) is 6. The first kappa shape index (κ1) is 25.2. The molecule has 0 bridgehead atoms. The summed E-state index contributed by atoms with van der Waals surface area (Å²) < 4.78 is 31.7. The number of fused-ring (bicyclic) bond motifs is 1. The van der Waals surface area contributed by atoms with Gasteiger partial charge in [-0.2, -0.15) is 0 Å². The number of aromatic carboxylic acids is 1. The third-order valence-electron chi connectivity index (χ3n) is 5.52. The van der Waals surface area contributed by atoms with E-state index in [1.54, 1.807) is 42.6 Å². The van der Waals surface area contributed by atoms with Gasteiger partial charge in [0, 0.05) is 28.9 Å². The second-order valence-electron chi connectivity index (χ2n) is 7.85. The summed E-state index contributed by atoms with van der Waals surface area (Å²) in [7, 11) is -2.08. The second-order valence-corrected chi connectivity index (χ2v) is 10.3. The SMILES string of the molecule is COc1ccc(S(=O)(=O)CCCc2cccc(Cl)c2C#Cc2ccc(C(=O)O)nc2)c2ncccc12. The molecule has 0 saturated heterocycles. The summed E-state index contributed by atoms with van der Waals surface area (Å²) >= 11 is 6.39. The number of aromatic nitrogens is 2. The van der Waals surface area contributed by atoms with Crippen molar-refractivity contribution in [3.63, 3.8) is 0 Å². The van der Waals surface area contributed by atoms with Gasteiger partial charge in [0.1, 0.15) is 11.4 Å². The number of hydrogen-bond donors (Lipinski definition) is 1. The maximum absolute atomic E-state index is 13.2. The third-order valence-corrected chi connectivity index (χ3v) is 7.66. The van der Waals surface area contributed by atoms with Gasteiger partial charge < -0.3 is 9.84 Å². The predicted molar refractivity (Wildman–Crippen MR) is 137 cm³/mol. The lowest BCUT2D eigenvalue weighted by Crippen LogP contribution is -2.09. The van der Waals surface area contributed by atoms with Gasteiger partial charge in [0.15, 0.2) is 9.84 Å². The number of rotatable bonds is 7. The molecular formula is C27H21ClN2O5S. The van der Waals surface area contributed by atoms with Crippen LogP contribution in [0, 0.1) is 11.8 Å². The molecule has 2 aromatic carbocycles. The Morgan fingerprint density at radius 2 is 1.89 bits per heavy atom. The highest BCUT2D eigenvalue weighted by atomic mass is 35.5. The number of pyridine rings is 2. The lowest BCUT2D eigenvalue weighted by atomic mass is 10.0. The van der Waals surface area contributed by atoms with E-state index in [9.17, 15) is 13.2 Å². The molecule has 4 rings (SSSR count). The lowest BCUT2D eigenvalue weighted by Gasteiger charge is -2.11. The van der Waals surface area contributed by atoms with Crippen molar-refractivity contribution in [2.24, 2.45) is 0 Å². The Balaban J connectivity index is 1.54. The molecule has 0 amide bonds. The number of nitrogens with zero attached hydrogens (tertiary/aromatic N) is 2. The van der Waals surface area contributed by atoms with Crippen LogP contribution in [0.3, 0.4) is 0 Å². The van der Waals surface area contributed by atoms with Gasteiger partial charge in [-0.25, -0.2) is 18.2 Å². The fourth-order valence-electron chi connectivity index (χ4n) is 3.76. The number of carbonyl (C=O) groups is 1. The summed E-state index contributed by atoms with van der Waals surface area (Å²) in [6, 6.07) is 15.0. The van der Waals surface area contributed by atoms with E-state index in [1.165, 1.54) is 25.4 Å². The lowest BCUT2D eigenvalue weighted by molar-refractivity contribution is 0.0690. The molecule has 0 atom stereocenters. The third kappa shape index (κ3) is 5.48. The van der Waals surface area contributed by atoms with Gasteiger partial charge in [-0.05, 0) is 60.9 Å². The van der Waals surface area contributed by atoms with Crippen molar-refractivity contribution < 1.29 is 23.1 Å². The first-order chi connectivity index (χ1) is 17.3. The zero-order valence-corrected chi connectivity index (χ0v) is 20.8. The highest BCUT2D eigenvalue weighted by Gasteiger charge is 2.20. The Morgan fingerprint density at radius 1 is 1.06 bits per heavy atom. The van der Waals surface area contributed by atoms with Gasteiger partial charge in [0.05, 0.1) is 28.3 Å². The fraction of sp³-hybridized carbons (Fsp3) is 0.148. The Morgan fingerprint density at radius 3 is 2.61 bits per heavy atom. The van der Waals surface area contributed by atoms with Gasteiger partial charge in [-0.15, -0.1) is 0 Å². The summed E-state index contributed by atoms with van der Waals surface area (Å²) in [5, 5.41) is 10.1. The van der Waals surface area contributed by atoms with Crippen LogP contribution in [0.25, 0.3) is 10.9 Å².